The van der Waals surface area contributed by atoms with E-state index in [9.17, 15) is 0 Å². The molecule has 0 amide bonds. The summed E-state index contributed by atoms with van der Waals surface area (Å²) in [5.41, 5.74) is 7.24. The molecule has 0 aliphatic rings. The van der Waals surface area contributed by atoms with Gasteiger partial charge in [-0.05, 0) is 30.2 Å². The summed E-state index contributed by atoms with van der Waals surface area (Å²) >= 11 is 1.54. The summed E-state index contributed by atoms with van der Waals surface area (Å²) in [5.74, 6) is 0.848. The molecular weight excluding hydrogens is 306 g/mol. The van der Waals surface area contributed by atoms with E-state index in [1.807, 2.05) is 61.0 Å². The van der Waals surface area contributed by atoms with Gasteiger partial charge in [0.1, 0.15) is 5.75 Å². The maximum atomic E-state index is 5.21. The lowest BCUT2D eigenvalue weighted by Gasteiger charge is -2.07. The van der Waals surface area contributed by atoms with Crippen LogP contribution in [-0.4, -0.2) is 18.3 Å². The summed E-state index contributed by atoms with van der Waals surface area (Å²) in [6, 6.07) is 16.1. The van der Waals surface area contributed by atoms with Crippen LogP contribution >= 0.6 is 11.3 Å². The van der Waals surface area contributed by atoms with Crippen molar-refractivity contribution in [2.45, 2.75) is 6.92 Å². The number of anilines is 1. The summed E-state index contributed by atoms with van der Waals surface area (Å²) in [6.07, 6.45) is 1.82. The number of aryl methyl sites for hydroxylation is 1. The molecule has 1 aromatic heterocycles. The highest BCUT2D eigenvalue weighted by Gasteiger charge is 2.03. The minimum absolute atomic E-state index is 0.792. The second kappa shape index (κ2) is 7.07. The molecule has 23 heavy (non-hydrogen) atoms. The first-order chi connectivity index (χ1) is 11.3. The third kappa shape index (κ3) is 3.76. The molecule has 0 saturated heterocycles. The first kappa shape index (κ1) is 15.2. The van der Waals surface area contributed by atoms with E-state index in [4.69, 9.17) is 4.74 Å². The van der Waals surface area contributed by atoms with E-state index < -0.39 is 0 Å². The molecule has 2 aromatic carbocycles. The number of thiazole rings is 1. The van der Waals surface area contributed by atoms with Crippen LogP contribution in [0.3, 0.4) is 0 Å². The Labute approximate surface area is 139 Å². The summed E-state index contributed by atoms with van der Waals surface area (Å²) in [5, 5.41) is 7.07. The molecule has 0 radical (unpaired) electrons. The summed E-state index contributed by atoms with van der Waals surface area (Å²) in [4.78, 5) is 4.32. The van der Waals surface area contributed by atoms with E-state index in [0.717, 1.165) is 33.3 Å². The zero-order chi connectivity index (χ0) is 16.1. The third-order valence-electron chi connectivity index (χ3n) is 3.34. The Bertz CT molecular complexity index is 809. The van der Waals surface area contributed by atoms with Crippen molar-refractivity contribution in [3.63, 3.8) is 0 Å². The molecule has 3 aromatic rings. The highest BCUT2D eigenvalue weighted by Crippen LogP contribution is 2.25. The minimum Gasteiger partial charge on any atom is -0.497 e. The molecule has 0 aliphatic heterocycles. The van der Waals surface area contributed by atoms with Crippen molar-refractivity contribution >= 4 is 22.7 Å². The number of hydrogen-bond acceptors (Lipinski definition) is 5. The Kier molecular flexibility index (Phi) is 4.68. The van der Waals surface area contributed by atoms with E-state index in [0.29, 0.717) is 0 Å². The predicted molar refractivity (Wildman–Crippen MR) is 96.5 cm³/mol. The van der Waals surface area contributed by atoms with Crippen LogP contribution in [0.4, 0.5) is 5.13 Å². The fourth-order valence-corrected chi connectivity index (χ4v) is 2.84. The first-order valence-corrected chi connectivity index (χ1v) is 8.09. The molecule has 0 aliphatic carbocycles. The van der Waals surface area contributed by atoms with Gasteiger partial charge >= 0.3 is 0 Å². The molecule has 1 heterocycles. The monoisotopic (exact) mass is 323 g/mol. The summed E-state index contributed by atoms with van der Waals surface area (Å²) < 4.78 is 5.21. The number of ether oxygens (including phenoxy) is 1. The van der Waals surface area contributed by atoms with E-state index in [-0.39, 0.29) is 0 Å². The molecule has 0 saturated carbocycles. The van der Waals surface area contributed by atoms with Gasteiger partial charge in [0.05, 0.1) is 19.0 Å². The van der Waals surface area contributed by atoms with Gasteiger partial charge in [-0.1, -0.05) is 36.4 Å². The van der Waals surface area contributed by atoms with Crippen LogP contribution in [0.2, 0.25) is 0 Å². The fourth-order valence-electron chi connectivity index (χ4n) is 2.21. The van der Waals surface area contributed by atoms with Crippen molar-refractivity contribution < 1.29 is 4.74 Å². The molecule has 3 rings (SSSR count). The zero-order valence-corrected chi connectivity index (χ0v) is 13.8. The lowest BCUT2D eigenvalue weighted by Crippen LogP contribution is -1.93. The van der Waals surface area contributed by atoms with Crippen LogP contribution in [0.15, 0.2) is 59.0 Å². The Morgan fingerprint density at radius 1 is 1.13 bits per heavy atom. The molecule has 0 atom stereocenters. The molecular formula is C18H17N3OS. The molecule has 116 valence electrons. The van der Waals surface area contributed by atoms with Crippen LogP contribution in [0.1, 0.15) is 11.3 Å². The lowest BCUT2D eigenvalue weighted by atomic mass is 10.0. The van der Waals surface area contributed by atoms with Gasteiger partial charge in [-0.15, -0.1) is 11.3 Å². The number of hydrogen-bond donors (Lipinski definition) is 1. The second-order valence-corrected chi connectivity index (χ2v) is 5.84. The van der Waals surface area contributed by atoms with Crippen LogP contribution in [0.5, 0.6) is 5.75 Å². The number of nitrogens with one attached hydrogen (secondary N) is 1. The number of hydrazone groups is 1. The predicted octanol–water partition coefficient (Wildman–Crippen LogP) is 4.57. The lowest BCUT2D eigenvalue weighted by molar-refractivity contribution is 0.415. The smallest absolute Gasteiger partial charge is 0.203 e. The van der Waals surface area contributed by atoms with Gasteiger partial charge < -0.3 is 4.74 Å². The van der Waals surface area contributed by atoms with Crippen LogP contribution < -0.4 is 10.2 Å². The van der Waals surface area contributed by atoms with Gasteiger partial charge in [0, 0.05) is 10.9 Å². The molecule has 1 N–H and O–H groups in total. The van der Waals surface area contributed by atoms with Crippen molar-refractivity contribution in [3.05, 3.63) is 65.2 Å². The summed E-state index contributed by atoms with van der Waals surface area (Å²) in [7, 11) is 1.67. The van der Waals surface area contributed by atoms with Gasteiger partial charge in [-0.2, -0.15) is 5.10 Å². The van der Waals surface area contributed by atoms with Crippen molar-refractivity contribution in [1.29, 1.82) is 0 Å². The van der Waals surface area contributed by atoms with Crippen LogP contribution in [-0.2, 0) is 0 Å². The molecule has 0 unspecified atom stereocenters. The van der Waals surface area contributed by atoms with Crippen molar-refractivity contribution in [1.82, 2.24) is 4.98 Å². The van der Waals surface area contributed by atoms with E-state index in [2.05, 4.69) is 21.6 Å². The highest BCUT2D eigenvalue weighted by molar-refractivity contribution is 7.13. The fraction of sp³-hybridized carbons (Fsp3) is 0.111. The Hall–Kier alpha value is -2.66. The second-order valence-electron chi connectivity index (χ2n) is 4.98. The SMILES string of the molecule is COc1ccc(-c2ccccc2C=NNc2nc(C)cs2)cc1. The van der Waals surface area contributed by atoms with Crippen molar-refractivity contribution in [2.75, 3.05) is 12.5 Å². The standard InChI is InChI=1S/C18H17N3OS/c1-13-12-23-18(20-13)21-19-11-15-5-3-4-6-17(15)14-7-9-16(22-2)10-8-14/h3-12H,1-2H3,(H,20,21). The van der Waals surface area contributed by atoms with E-state index in [1.54, 1.807) is 7.11 Å². The Balaban J connectivity index is 1.82. The maximum absolute atomic E-state index is 5.21. The quantitative estimate of drug-likeness (QED) is 0.552. The minimum atomic E-state index is 0.792. The van der Waals surface area contributed by atoms with Gasteiger partial charge in [0.15, 0.2) is 0 Å². The average Bonchev–Trinajstić information content (AvgIpc) is 3.01. The van der Waals surface area contributed by atoms with E-state index >= 15 is 0 Å². The average molecular weight is 323 g/mol. The molecule has 0 bridgehead atoms. The van der Waals surface area contributed by atoms with Gasteiger partial charge in [-0.3, -0.25) is 5.43 Å². The molecule has 5 heteroatoms. The van der Waals surface area contributed by atoms with Crippen molar-refractivity contribution in [3.8, 4) is 16.9 Å². The number of benzene rings is 2. The van der Waals surface area contributed by atoms with Gasteiger partial charge in [0.25, 0.3) is 0 Å². The number of methoxy groups -OCH3 is 1. The maximum Gasteiger partial charge on any atom is 0.203 e. The molecule has 0 fully saturated rings. The zero-order valence-electron chi connectivity index (χ0n) is 13.0. The van der Waals surface area contributed by atoms with Gasteiger partial charge in [-0.25, -0.2) is 4.98 Å². The number of nitrogens with zero attached hydrogens (tertiary/aromatic N) is 2. The Morgan fingerprint density at radius 2 is 1.91 bits per heavy atom. The number of rotatable bonds is 5. The summed E-state index contributed by atoms with van der Waals surface area (Å²) in [6.45, 7) is 1.96. The van der Waals surface area contributed by atoms with E-state index in [1.165, 1.54) is 11.3 Å². The first-order valence-electron chi connectivity index (χ1n) is 7.21. The largest absolute Gasteiger partial charge is 0.497 e. The van der Waals surface area contributed by atoms with Crippen LogP contribution in [0, 0.1) is 6.92 Å². The molecule has 4 nitrogen and oxygen atoms in total. The van der Waals surface area contributed by atoms with Crippen molar-refractivity contribution in [2.24, 2.45) is 5.10 Å². The van der Waals surface area contributed by atoms with Crippen LogP contribution in [0.25, 0.3) is 11.1 Å². The van der Waals surface area contributed by atoms with Gasteiger partial charge in [0.2, 0.25) is 5.13 Å². The highest BCUT2D eigenvalue weighted by atomic mass is 32.1. The normalized spacial score (nSPS) is 10.9. The molecule has 0 spiro atoms. The number of aromatic nitrogens is 1. The third-order valence-corrected chi connectivity index (χ3v) is 4.21. The Morgan fingerprint density at radius 3 is 2.61 bits per heavy atom. The topological polar surface area (TPSA) is 46.5 Å².